The molecule has 0 aliphatic rings. The first-order valence-electron chi connectivity index (χ1n) is 11.3. The quantitative estimate of drug-likeness (QED) is 0.317. The molecule has 6 nitrogen and oxygen atoms in total. The normalized spacial score (nSPS) is 13.2. The Balaban J connectivity index is 1.85. The van der Waals surface area contributed by atoms with Gasteiger partial charge < -0.3 is 0 Å². The van der Waals surface area contributed by atoms with E-state index in [1.165, 1.54) is 12.1 Å². The van der Waals surface area contributed by atoms with Crippen molar-refractivity contribution in [1.82, 2.24) is 4.72 Å². The van der Waals surface area contributed by atoms with Crippen molar-refractivity contribution >= 4 is 41.6 Å². The Morgan fingerprint density at radius 2 is 1.08 bits per heavy atom. The van der Waals surface area contributed by atoms with Crippen LogP contribution in [0.25, 0.3) is 32.7 Å². The summed E-state index contributed by atoms with van der Waals surface area (Å²) in [5.41, 5.74) is 1.36. The number of nitrogens with one attached hydrogen (secondary N) is 1. The molecule has 0 saturated carbocycles. The van der Waals surface area contributed by atoms with Crippen molar-refractivity contribution in [3.63, 3.8) is 0 Å². The summed E-state index contributed by atoms with van der Waals surface area (Å²) >= 11 is 0. The van der Waals surface area contributed by atoms with Gasteiger partial charge in [0.25, 0.3) is 0 Å². The minimum Gasteiger partial charge on any atom is -0.225 e. The average molecular weight is 517 g/mol. The molecule has 0 radical (unpaired) electrons. The van der Waals surface area contributed by atoms with Gasteiger partial charge in [0.05, 0.1) is 9.79 Å². The first-order valence-corrected chi connectivity index (χ1v) is 14.3. The Morgan fingerprint density at radius 3 is 1.64 bits per heavy atom. The number of benzene rings is 5. The molecule has 0 saturated heterocycles. The van der Waals surface area contributed by atoms with Crippen LogP contribution in [-0.2, 0) is 20.0 Å². The lowest BCUT2D eigenvalue weighted by atomic mass is 9.94. The summed E-state index contributed by atoms with van der Waals surface area (Å²) in [6, 6.07) is 29.6. The number of sulfonamides is 2. The Labute approximate surface area is 210 Å². The zero-order valence-corrected chi connectivity index (χ0v) is 21.1. The van der Waals surface area contributed by atoms with Crippen LogP contribution in [0.4, 0.5) is 0 Å². The molecule has 0 spiro atoms. The molecule has 0 heterocycles. The molecular weight excluding hydrogens is 492 g/mol. The average Bonchev–Trinajstić information content (AvgIpc) is 2.87. The molecule has 0 aliphatic heterocycles. The molecule has 5 aromatic carbocycles. The fourth-order valence-corrected chi connectivity index (χ4v) is 6.80. The van der Waals surface area contributed by atoms with Gasteiger partial charge in [-0.05, 0) is 46.2 Å². The van der Waals surface area contributed by atoms with Crippen molar-refractivity contribution in [1.29, 1.82) is 0 Å². The third-order valence-electron chi connectivity index (χ3n) is 6.26. The highest BCUT2D eigenvalue weighted by Gasteiger charge is 2.28. The van der Waals surface area contributed by atoms with Crippen molar-refractivity contribution in [2.24, 2.45) is 5.14 Å². The lowest BCUT2D eigenvalue weighted by molar-refractivity contribution is 0.567. The molecule has 1 unspecified atom stereocenters. The summed E-state index contributed by atoms with van der Waals surface area (Å²) in [6.45, 7) is 1.77. The van der Waals surface area contributed by atoms with Gasteiger partial charge in [-0.3, -0.25) is 0 Å². The number of hydrogen-bond acceptors (Lipinski definition) is 4. The van der Waals surface area contributed by atoms with Crippen molar-refractivity contribution in [2.75, 3.05) is 0 Å². The largest absolute Gasteiger partial charge is 0.241 e. The van der Waals surface area contributed by atoms with Crippen LogP contribution in [0, 0.1) is 0 Å². The zero-order chi connectivity index (χ0) is 25.5. The van der Waals surface area contributed by atoms with Gasteiger partial charge >= 0.3 is 0 Å². The molecule has 1 atom stereocenters. The van der Waals surface area contributed by atoms with Crippen LogP contribution >= 0.6 is 0 Å². The van der Waals surface area contributed by atoms with E-state index in [9.17, 15) is 16.8 Å². The van der Waals surface area contributed by atoms with E-state index in [0.717, 1.165) is 16.3 Å². The first kappa shape index (κ1) is 24.1. The number of fused-ring (bicyclic) bond motifs is 2. The van der Waals surface area contributed by atoms with Crippen molar-refractivity contribution in [3.05, 3.63) is 109 Å². The number of primary sulfonamides is 1. The van der Waals surface area contributed by atoms with Crippen LogP contribution in [0.5, 0.6) is 0 Å². The van der Waals surface area contributed by atoms with Gasteiger partial charge in [0.2, 0.25) is 20.0 Å². The molecule has 0 aliphatic carbocycles. The van der Waals surface area contributed by atoms with Crippen LogP contribution in [0.2, 0.25) is 0 Å². The number of rotatable bonds is 6. The van der Waals surface area contributed by atoms with Crippen molar-refractivity contribution in [3.8, 4) is 11.1 Å². The molecule has 0 bridgehead atoms. The Hall–Kier alpha value is -3.56. The Morgan fingerprint density at radius 1 is 0.611 bits per heavy atom. The lowest BCUT2D eigenvalue weighted by Gasteiger charge is -2.20. The molecule has 3 N–H and O–H groups in total. The van der Waals surface area contributed by atoms with Crippen LogP contribution in [0.15, 0.2) is 113 Å². The zero-order valence-electron chi connectivity index (χ0n) is 19.4. The minimum absolute atomic E-state index is 0.0229. The van der Waals surface area contributed by atoms with Crippen molar-refractivity contribution in [2.45, 2.75) is 22.8 Å². The summed E-state index contributed by atoms with van der Waals surface area (Å²) in [5.74, 6) is 0. The molecule has 0 amide bonds. The fraction of sp³-hybridized carbons (Fsp3) is 0.0714. The molecule has 0 aromatic heterocycles. The monoisotopic (exact) mass is 516 g/mol. The molecular formula is C28H24N2O4S2. The van der Waals surface area contributed by atoms with E-state index in [1.807, 2.05) is 54.6 Å². The van der Waals surface area contributed by atoms with Gasteiger partial charge in [-0.25, -0.2) is 26.7 Å². The standard InChI is InChI=1S/C28H24N2O4S2/c1-19(20-9-3-2-4-10-20)30-36(33,34)26-18-16-22-12-6-8-14-24(22)28(26)27-23-13-7-5-11-21(23)15-17-25(27)35(29,31)32/h2-19,30H,1H3,(H2,29,31,32). The topological polar surface area (TPSA) is 106 Å². The lowest BCUT2D eigenvalue weighted by Crippen LogP contribution is -2.27. The first-order chi connectivity index (χ1) is 17.2. The highest BCUT2D eigenvalue weighted by molar-refractivity contribution is 7.90. The van der Waals surface area contributed by atoms with Gasteiger partial charge in [-0.2, -0.15) is 0 Å². The maximum absolute atomic E-state index is 13.9. The van der Waals surface area contributed by atoms with E-state index in [0.29, 0.717) is 16.3 Å². The van der Waals surface area contributed by atoms with E-state index in [1.54, 1.807) is 43.3 Å². The summed E-state index contributed by atoms with van der Waals surface area (Å²) in [4.78, 5) is -0.157. The van der Waals surface area contributed by atoms with Gasteiger partial charge in [0, 0.05) is 17.2 Å². The highest BCUT2D eigenvalue weighted by atomic mass is 32.2. The van der Waals surface area contributed by atoms with Crippen molar-refractivity contribution < 1.29 is 16.8 Å². The molecule has 0 fully saturated rings. The number of hydrogen-bond donors (Lipinski definition) is 2. The van der Waals surface area contributed by atoms with E-state index in [2.05, 4.69) is 4.72 Å². The summed E-state index contributed by atoms with van der Waals surface area (Å²) in [7, 11) is -8.28. The van der Waals surface area contributed by atoms with Gasteiger partial charge in [-0.1, -0.05) is 91.0 Å². The predicted molar refractivity (Wildman–Crippen MR) is 143 cm³/mol. The van der Waals surface area contributed by atoms with E-state index in [-0.39, 0.29) is 15.4 Å². The maximum atomic E-state index is 13.9. The maximum Gasteiger partial charge on any atom is 0.241 e. The van der Waals surface area contributed by atoms with Gasteiger partial charge in [0.1, 0.15) is 0 Å². The van der Waals surface area contributed by atoms with Gasteiger partial charge in [-0.15, -0.1) is 0 Å². The molecule has 182 valence electrons. The summed E-state index contributed by atoms with van der Waals surface area (Å²) < 4.78 is 56.0. The predicted octanol–water partition coefficient (Wildman–Crippen LogP) is 5.35. The Kier molecular flexibility index (Phi) is 6.13. The van der Waals surface area contributed by atoms with Gasteiger partial charge in [0.15, 0.2) is 0 Å². The summed E-state index contributed by atoms with van der Waals surface area (Å²) in [6.07, 6.45) is 0. The smallest absolute Gasteiger partial charge is 0.225 e. The fourth-order valence-electron chi connectivity index (χ4n) is 4.59. The number of nitrogens with two attached hydrogens (primary N) is 1. The second-order valence-electron chi connectivity index (χ2n) is 8.62. The van der Waals surface area contributed by atoms with Crippen LogP contribution in [0.3, 0.4) is 0 Å². The molecule has 8 heteroatoms. The van der Waals surface area contributed by atoms with E-state index < -0.39 is 26.1 Å². The van der Waals surface area contributed by atoms with Crippen LogP contribution in [0.1, 0.15) is 18.5 Å². The van der Waals surface area contributed by atoms with Crippen LogP contribution < -0.4 is 9.86 Å². The second-order valence-corrected chi connectivity index (χ2v) is 11.8. The SMILES string of the molecule is CC(NS(=O)(=O)c1ccc2ccccc2c1-c1c(S(N)(=O)=O)ccc2ccccc12)c1ccccc1. The molecule has 5 rings (SSSR count). The Bertz CT molecular complexity index is 1820. The molecule has 5 aromatic rings. The van der Waals surface area contributed by atoms with E-state index >= 15 is 0 Å². The highest BCUT2D eigenvalue weighted by Crippen LogP contribution is 2.42. The minimum atomic E-state index is -4.19. The van der Waals surface area contributed by atoms with E-state index in [4.69, 9.17) is 5.14 Å². The second kappa shape index (κ2) is 9.15. The van der Waals surface area contributed by atoms with Crippen LogP contribution in [-0.4, -0.2) is 16.8 Å². The molecule has 36 heavy (non-hydrogen) atoms. The third kappa shape index (κ3) is 4.40. The third-order valence-corrected chi connectivity index (χ3v) is 8.80. The summed E-state index contributed by atoms with van der Waals surface area (Å²) in [5, 5.41) is 8.39.